The maximum Gasteiger partial charge on any atom is 0.256 e. The molecule has 1 aliphatic heterocycles. The molecule has 1 saturated heterocycles. The van der Waals surface area contributed by atoms with E-state index >= 15 is 0 Å². The monoisotopic (exact) mass is 289 g/mol. The first-order valence-electron chi connectivity index (χ1n) is 5.66. The number of aromatic nitrogens is 2. The summed E-state index contributed by atoms with van der Waals surface area (Å²) in [5, 5.41) is 28.6. The molecule has 1 aromatic heterocycles. The molecule has 0 spiro atoms. The Bertz CT molecular complexity index is 571. The Morgan fingerprint density at radius 1 is 1.47 bits per heavy atom. The van der Waals surface area contributed by atoms with Crippen LogP contribution < -0.4 is 11.3 Å². The second kappa shape index (κ2) is 5.49. The molecule has 9 heteroatoms. The average Bonchev–Trinajstić information content (AvgIpc) is 2.67. The van der Waals surface area contributed by atoms with Crippen LogP contribution in [0.2, 0.25) is 0 Å². The van der Waals surface area contributed by atoms with Gasteiger partial charge in [-0.1, -0.05) is 0 Å². The summed E-state index contributed by atoms with van der Waals surface area (Å²) in [5.74, 6) is 0. The fraction of sp³-hybridized carbons (Fsp3) is 0.600. The van der Waals surface area contributed by atoms with Crippen molar-refractivity contribution >= 4 is 12.2 Å². The Kier molecular flexibility index (Phi) is 4.13. The van der Waals surface area contributed by atoms with Crippen molar-refractivity contribution in [2.45, 2.75) is 31.1 Å². The number of H-pyrrole nitrogens is 1. The highest BCUT2D eigenvalue weighted by molar-refractivity contribution is 7.71. The number of aliphatic hydroxyl groups excluding tert-OH is 3. The van der Waals surface area contributed by atoms with Gasteiger partial charge in [0.05, 0.1) is 6.61 Å². The van der Waals surface area contributed by atoms with Crippen molar-refractivity contribution in [1.29, 1.82) is 0 Å². The highest BCUT2D eigenvalue weighted by Crippen LogP contribution is 2.29. The third-order valence-electron chi connectivity index (χ3n) is 3.05. The Hall–Kier alpha value is -1.10. The summed E-state index contributed by atoms with van der Waals surface area (Å²) in [6.45, 7) is -0.436. The molecule has 2 rings (SSSR count). The Balaban J connectivity index is 2.43. The minimum absolute atomic E-state index is 0.000254. The first kappa shape index (κ1) is 14.3. The molecule has 1 aromatic rings. The number of ether oxygens (including phenoxy) is 1. The van der Waals surface area contributed by atoms with Crippen LogP contribution in [-0.2, 0) is 11.3 Å². The zero-order valence-corrected chi connectivity index (χ0v) is 10.7. The molecule has 19 heavy (non-hydrogen) atoms. The van der Waals surface area contributed by atoms with Crippen LogP contribution in [-0.4, -0.2) is 49.8 Å². The molecular formula is C10H15N3O5S. The predicted octanol–water partition coefficient (Wildman–Crippen LogP) is -2.02. The molecule has 4 atom stereocenters. The highest BCUT2D eigenvalue weighted by atomic mass is 32.1. The molecule has 1 aliphatic rings. The summed E-state index contributed by atoms with van der Waals surface area (Å²) in [6.07, 6.45) is -3.01. The lowest BCUT2D eigenvalue weighted by atomic mass is 10.1. The molecule has 106 valence electrons. The summed E-state index contributed by atoms with van der Waals surface area (Å²) in [7, 11) is 0. The molecule has 6 N–H and O–H groups in total. The van der Waals surface area contributed by atoms with Crippen LogP contribution in [0.15, 0.2) is 11.0 Å². The zero-order chi connectivity index (χ0) is 14.2. The first-order chi connectivity index (χ1) is 8.99. The molecule has 1 unspecified atom stereocenters. The van der Waals surface area contributed by atoms with Gasteiger partial charge in [-0.3, -0.25) is 14.3 Å². The maximum absolute atomic E-state index is 11.5. The van der Waals surface area contributed by atoms with Gasteiger partial charge in [0.1, 0.15) is 18.3 Å². The Morgan fingerprint density at radius 2 is 2.16 bits per heavy atom. The van der Waals surface area contributed by atoms with Crippen molar-refractivity contribution in [2.24, 2.45) is 5.73 Å². The number of rotatable bonds is 3. The summed E-state index contributed by atoms with van der Waals surface area (Å²) < 4.78 is 6.67. The van der Waals surface area contributed by atoms with Gasteiger partial charge in [0.2, 0.25) is 0 Å². The van der Waals surface area contributed by atoms with Crippen LogP contribution >= 0.6 is 12.2 Å². The van der Waals surface area contributed by atoms with Crippen molar-refractivity contribution in [3.8, 4) is 0 Å². The van der Waals surface area contributed by atoms with Gasteiger partial charge in [-0.15, -0.1) is 0 Å². The normalized spacial score (nSPS) is 30.7. The van der Waals surface area contributed by atoms with E-state index in [0.717, 1.165) is 0 Å². The molecule has 0 bridgehead atoms. The largest absolute Gasteiger partial charge is 0.394 e. The molecule has 2 heterocycles. The quantitative estimate of drug-likeness (QED) is 0.405. The van der Waals surface area contributed by atoms with Gasteiger partial charge in [0.15, 0.2) is 11.0 Å². The number of aromatic amines is 1. The molecule has 0 aliphatic carbocycles. The highest BCUT2D eigenvalue weighted by Gasteiger charge is 2.43. The van der Waals surface area contributed by atoms with Gasteiger partial charge in [0.25, 0.3) is 5.56 Å². The van der Waals surface area contributed by atoms with Crippen LogP contribution in [0.4, 0.5) is 0 Å². The standard InChI is InChI=1S/C10H15N3O5S/c11-1-4-2-13(10(19)12-8(4)17)9-7(16)6(15)5(3-14)18-9/h2,5-7,9,14-16H,1,3,11H2,(H,12,17,19)/t5-,6+,7?,9-/m1/s1. The van der Waals surface area contributed by atoms with Crippen LogP contribution in [0.3, 0.4) is 0 Å². The summed E-state index contributed by atoms with van der Waals surface area (Å²) in [6, 6.07) is 0. The van der Waals surface area contributed by atoms with E-state index in [-0.39, 0.29) is 16.9 Å². The summed E-state index contributed by atoms with van der Waals surface area (Å²) in [4.78, 5) is 13.9. The van der Waals surface area contributed by atoms with Crippen LogP contribution in [0, 0.1) is 4.77 Å². The summed E-state index contributed by atoms with van der Waals surface area (Å²) >= 11 is 4.98. The minimum Gasteiger partial charge on any atom is -0.394 e. The molecule has 0 radical (unpaired) electrons. The number of nitrogens with one attached hydrogen (secondary N) is 1. The molecule has 8 nitrogen and oxygen atoms in total. The number of hydrogen-bond donors (Lipinski definition) is 5. The van der Waals surface area contributed by atoms with E-state index in [1.165, 1.54) is 10.8 Å². The summed E-state index contributed by atoms with van der Waals surface area (Å²) in [5.41, 5.74) is 5.29. The van der Waals surface area contributed by atoms with E-state index in [9.17, 15) is 15.0 Å². The lowest BCUT2D eigenvalue weighted by Gasteiger charge is -2.19. The number of aliphatic hydroxyl groups is 3. The van der Waals surface area contributed by atoms with Crippen molar-refractivity contribution in [2.75, 3.05) is 6.61 Å². The van der Waals surface area contributed by atoms with Crippen LogP contribution in [0.5, 0.6) is 0 Å². The number of nitrogens with zero attached hydrogens (tertiary/aromatic N) is 1. The van der Waals surface area contributed by atoms with Gasteiger partial charge in [-0.2, -0.15) is 0 Å². The predicted molar refractivity (Wildman–Crippen MR) is 66.8 cm³/mol. The smallest absolute Gasteiger partial charge is 0.256 e. The van der Waals surface area contributed by atoms with Crippen molar-refractivity contribution in [3.05, 3.63) is 26.9 Å². The fourth-order valence-electron chi connectivity index (χ4n) is 1.97. The van der Waals surface area contributed by atoms with Crippen LogP contribution in [0.1, 0.15) is 11.8 Å². The van der Waals surface area contributed by atoms with E-state index < -0.39 is 36.7 Å². The van der Waals surface area contributed by atoms with Gasteiger partial charge < -0.3 is 25.8 Å². The SMILES string of the molecule is NCc1cn([C@@H]2O[C@H](CO)[C@H](O)C2O)c(=S)[nH]c1=O. The Morgan fingerprint density at radius 3 is 2.68 bits per heavy atom. The van der Waals surface area contributed by atoms with Gasteiger partial charge in [0, 0.05) is 18.3 Å². The van der Waals surface area contributed by atoms with E-state index in [4.69, 9.17) is 27.8 Å². The molecule has 0 aromatic carbocycles. The van der Waals surface area contributed by atoms with Crippen molar-refractivity contribution < 1.29 is 20.1 Å². The Labute approximate surface area is 113 Å². The average molecular weight is 289 g/mol. The minimum atomic E-state index is -1.26. The second-order valence-corrected chi connectivity index (χ2v) is 4.64. The van der Waals surface area contributed by atoms with E-state index in [1.807, 2.05) is 0 Å². The van der Waals surface area contributed by atoms with Crippen molar-refractivity contribution in [3.63, 3.8) is 0 Å². The molecule has 0 saturated carbocycles. The van der Waals surface area contributed by atoms with Crippen molar-refractivity contribution in [1.82, 2.24) is 9.55 Å². The molecule has 1 fully saturated rings. The van der Waals surface area contributed by atoms with Gasteiger partial charge in [-0.05, 0) is 12.2 Å². The van der Waals surface area contributed by atoms with Gasteiger partial charge >= 0.3 is 0 Å². The number of hydrogen-bond acceptors (Lipinski definition) is 7. The first-order valence-corrected chi connectivity index (χ1v) is 6.07. The van der Waals surface area contributed by atoms with Crippen LogP contribution in [0.25, 0.3) is 0 Å². The van der Waals surface area contributed by atoms with Gasteiger partial charge in [-0.25, -0.2) is 0 Å². The topological polar surface area (TPSA) is 134 Å². The van der Waals surface area contributed by atoms with E-state index in [0.29, 0.717) is 0 Å². The van der Waals surface area contributed by atoms with E-state index in [2.05, 4.69) is 4.98 Å². The third-order valence-corrected chi connectivity index (χ3v) is 3.37. The number of nitrogens with two attached hydrogens (primary N) is 1. The fourth-order valence-corrected chi connectivity index (χ4v) is 2.22. The maximum atomic E-state index is 11.5. The second-order valence-electron chi connectivity index (χ2n) is 4.25. The zero-order valence-electron chi connectivity index (χ0n) is 9.89. The molecular weight excluding hydrogens is 274 g/mol. The third kappa shape index (κ3) is 2.48. The lowest BCUT2D eigenvalue weighted by Crippen LogP contribution is -2.33. The van der Waals surface area contributed by atoms with E-state index in [1.54, 1.807) is 0 Å². The lowest BCUT2D eigenvalue weighted by molar-refractivity contribution is -0.0542. The molecule has 0 amide bonds.